The lowest BCUT2D eigenvalue weighted by Crippen LogP contribution is -2.41. The molecule has 0 saturated carbocycles. The number of anilines is 2. The molecule has 28 heavy (non-hydrogen) atoms. The average molecular weight is 376 g/mol. The second-order valence-corrected chi connectivity index (χ2v) is 7.21. The van der Waals surface area contributed by atoms with Gasteiger partial charge in [-0.2, -0.15) is 5.10 Å². The molecular formula is C21H24N6O. The molecule has 4 rings (SSSR count). The van der Waals surface area contributed by atoms with Crippen LogP contribution in [-0.2, 0) is 4.79 Å². The van der Waals surface area contributed by atoms with Gasteiger partial charge in [0.15, 0.2) is 5.82 Å². The van der Waals surface area contributed by atoms with Crippen molar-refractivity contribution in [3.8, 4) is 5.82 Å². The molecule has 1 N–H and O–H groups in total. The van der Waals surface area contributed by atoms with Crippen LogP contribution < -0.4 is 10.2 Å². The number of aryl methyl sites for hydroxylation is 1. The van der Waals surface area contributed by atoms with Gasteiger partial charge in [0.1, 0.15) is 12.1 Å². The van der Waals surface area contributed by atoms with Crippen LogP contribution in [0.2, 0.25) is 0 Å². The molecule has 7 heteroatoms. The van der Waals surface area contributed by atoms with Crippen LogP contribution in [-0.4, -0.2) is 38.7 Å². The van der Waals surface area contributed by atoms with Crippen molar-refractivity contribution in [2.24, 2.45) is 5.92 Å². The van der Waals surface area contributed by atoms with Gasteiger partial charge in [-0.1, -0.05) is 12.1 Å². The summed E-state index contributed by atoms with van der Waals surface area (Å²) in [6.45, 7) is 5.62. The van der Waals surface area contributed by atoms with Gasteiger partial charge in [-0.05, 0) is 49.9 Å². The quantitative estimate of drug-likeness (QED) is 0.757. The van der Waals surface area contributed by atoms with E-state index in [0.29, 0.717) is 6.54 Å². The number of hydrogen-bond acceptors (Lipinski definition) is 5. The fourth-order valence-corrected chi connectivity index (χ4v) is 3.56. The Balaban J connectivity index is 1.48. The van der Waals surface area contributed by atoms with Gasteiger partial charge in [0.25, 0.3) is 0 Å². The van der Waals surface area contributed by atoms with E-state index in [0.717, 1.165) is 42.3 Å². The minimum absolute atomic E-state index is 0.0692. The molecule has 0 radical (unpaired) electrons. The van der Waals surface area contributed by atoms with Crippen LogP contribution in [0.3, 0.4) is 0 Å². The smallest absolute Gasteiger partial charge is 0.229 e. The van der Waals surface area contributed by atoms with Gasteiger partial charge >= 0.3 is 0 Å². The van der Waals surface area contributed by atoms with E-state index in [1.54, 1.807) is 17.2 Å². The Labute approximate surface area is 164 Å². The van der Waals surface area contributed by atoms with Gasteiger partial charge in [-0.15, -0.1) is 0 Å². The van der Waals surface area contributed by atoms with Gasteiger partial charge in [-0.25, -0.2) is 14.6 Å². The van der Waals surface area contributed by atoms with E-state index in [4.69, 9.17) is 0 Å². The minimum atomic E-state index is -0.0724. The summed E-state index contributed by atoms with van der Waals surface area (Å²) >= 11 is 0. The van der Waals surface area contributed by atoms with E-state index in [1.165, 1.54) is 5.56 Å². The summed E-state index contributed by atoms with van der Waals surface area (Å²) in [7, 11) is 0. The molecule has 1 unspecified atom stereocenters. The maximum atomic E-state index is 12.9. The zero-order valence-corrected chi connectivity index (χ0v) is 16.2. The van der Waals surface area contributed by atoms with Gasteiger partial charge in [0.2, 0.25) is 5.91 Å². The van der Waals surface area contributed by atoms with Crippen LogP contribution in [0.25, 0.3) is 5.82 Å². The highest BCUT2D eigenvalue weighted by molar-refractivity contribution is 5.93. The lowest BCUT2D eigenvalue weighted by Gasteiger charge is -2.33. The topological polar surface area (TPSA) is 75.9 Å². The summed E-state index contributed by atoms with van der Waals surface area (Å²) < 4.78 is 1.71. The van der Waals surface area contributed by atoms with Crippen molar-refractivity contribution in [3.05, 3.63) is 60.2 Å². The van der Waals surface area contributed by atoms with Crippen molar-refractivity contribution < 1.29 is 4.79 Å². The van der Waals surface area contributed by atoms with Crippen LogP contribution in [0.15, 0.2) is 49.1 Å². The van der Waals surface area contributed by atoms with Crippen LogP contribution in [0.1, 0.15) is 24.0 Å². The molecule has 7 nitrogen and oxygen atoms in total. The number of rotatable bonds is 4. The van der Waals surface area contributed by atoms with Gasteiger partial charge in [-0.3, -0.25) is 4.79 Å². The van der Waals surface area contributed by atoms with Gasteiger partial charge in [0, 0.05) is 37.2 Å². The van der Waals surface area contributed by atoms with Crippen LogP contribution >= 0.6 is 0 Å². The first-order valence-corrected chi connectivity index (χ1v) is 9.56. The zero-order chi connectivity index (χ0) is 19.5. The average Bonchev–Trinajstić information content (AvgIpc) is 3.27. The molecule has 1 saturated heterocycles. The number of amides is 1. The number of carbonyl (C=O) groups is 1. The standard InChI is InChI=1S/C21H24N6O/c1-15-6-3-8-18(16(15)2)25-21(28)17-7-4-10-26(13-17)19-12-20(23-14-22-19)27-11-5-9-24-27/h3,5-6,8-9,11-12,14,17H,4,7,10,13H2,1-2H3,(H,25,28). The lowest BCUT2D eigenvalue weighted by molar-refractivity contribution is -0.120. The van der Waals surface area contributed by atoms with Crippen LogP contribution in [0.4, 0.5) is 11.5 Å². The number of carbonyl (C=O) groups excluding carboxylic acids is 1. The number of nitrogens with one attached hydrogen (secondary N) is 1. The molecule has 1 aliphatic heterocycles. The monoisotopic (exact) mass is 376 g/mol. The molecule has 0 spiro atoms. The molecule has 144 valence electrons. The molecule has 1 atom stereocenters. The Kier molecular flexibility index (Phi) is 5.06. The fourth-order valence-electron chi connectivity index (χ4n) is 3.56. The van der Waals surface area contributed by atoms with E-state index in [9.17, 15) is 4.79 Å². The normalized spacial score (nSPS) is 16.8. The van der Waals surface area contributed by atoms with E-state index in [-0.39, 0.29) is 11.8 Å². The summed E-state index contributed by atoms with van der Waals surface area (Å²) in [5.41, 5.74) is 3.18. The second-order valence-electron chi connectivity index (χ2n) is 7.21. The summed E-state index contributed by atoms with van der Waals surface area (Å²) in [6, 6.07) is 9.76. The first kappa shape index (κ1) is 18.2. The Morgan fingerprint density at radius 3 is 2.86 bits per heavy atom. The molecule has 1 amide bonds. The van der Waals surface area contributed by atoms with E-state index >= 15 is 0 Å². The van der Waals surface area contributed by atoms with Crippen molar-refractivity contribution in [3.63, 3.8) is 0 Å². The van der Waals surface area contributed by atoms with Crippen molar-refractivity contribution >= 4 is 17.4 Å². The molecule has 1 fully saturated rings. The summed E-state index contributed by atoms with van der Waals surface area (Å²) in [5.74, 6) is 1.54. The number of nitrogens with zero attached hydrogens (tertiary/aromatic N) is 5. The maximum Gasteiger partial charge on any atom is 0.229 e. The predicted octanol–water partition coefficient (Wildman–Crippen LogP) is 3.13. The van der Waals surface area contributed by atoms with Crippen LogP contribution in [0.5, 0.6) is 0 Å². The van der Waals surface area contributed by atoms with Gasteiger partial charge in [0.05, 0.1) is 5.92 Å². The summed E-state index contributed by atoms with van der Waals surface area (Å²) in [4.78, 5) is 23.7. The third-order valence-corrected chi connectivity index (χ3v) is 5.36. The Hall–Kier alpha value is -3.22. The number of piperidine rings is 1. The predicted molar refractivity (Wildman–Crippen MR) is 109 cm³/mol. The summed E-state index contributed by atoms with van der Waals surface area (Å²) in [5, 5.41) is 7.34. The number of aromatic nitrogens is 4. The first-order chi connectivity index (χ1) is 13.6. The minimum Gasteiger partial charge on any atom is -0.356 e. The Morgan fingerprint density at radius 1 is 1.18 bits per heavy atom. The molecule has 1 aliphatic rings. The van der Waals surface area contributed by atoms with Gasteiger partial charge < -0.3 is 10.2 Å². The molecular weight excluding hydrogens is 352 g/mol. The molecule has 3 aromatic rings. The highest BCUT2D eigenvalue weighted by Gasteiger charge is 2.27. The highest BCUT2D eigenvalue weighted by atomic mass is 16.1. The molecule has 0 bridgehead atoms. The zero-order valence-electron chi connectivity index (χ0n) is 16.2. The second kappa shape index (κ2) is 7.80. The highest BCUT2D eigenvalue weighted by Crippen LogP contribution is 2.25. The van der Waals surface area contributed by atoms with E-state index < -0.39 is 0 Å². The number of hydrogen-bond donors (Lipinski definition) is 1. The third kappa shape index (κ3) is 3.74. The lowest BCUT2D eigenvalue weighted by atomic mass is 9.96. The molecule has 1 aromatic carbocycles. The van der Waals surface area contributed by atoms with E-state index in [1.807, 2.05) is 37.4 Å². The van der Waals surface area contributed by atoms with Crippen molar-refractivity contribution in [1.82, 2.24) is 19.7 Å². The largest absolute Gasteiger partial charge is 0.356 e. The summed E-state index contributed by atoms with van der Waals surface area (Å²) in [6.07, 6.45) is 6.95. The fraction of sp³-hybridized carbons (Fsp3) is 0.333. The molecule has 3 heterocycles. The number of benzene rings is 1. The first-order valence-electron chi connectivity index (χ1n) is 9.56. The SMILES string of the molecule is Cc1cccc(NC(=O)C2CCCN(c3cc(-n4cccn4)ncn3)C2)c1C. The Morgan fingerprint density at radius 2 is 2.04 bits per heavy atom. The van der Waals surface area contributed by atoms with Crippen LogP contribution in [0, 0.1) is 19.8 Å². The molecule has 0 aliphatic carbocycles. The van der Waals surface area contributed by atoms with Crippen molar-refractivity contribution in [2.45, 2.75) is 26.7 Å². The molecule has 2 aromatic heterocycles. The third-order valence-electron chi connectivity index (χ3n) is 5.36. The van der Waals surface area contributed by atoms with Crippen molar-refractivity contribution in [2.75, 3.05) is 23.3 Å². The van der Waals surface area contributed by atoms with E-state index in [2.05, 4.69) is 38.3 Å². The van der Waals surface area contributed by atoms with Crippen molar-refractivity contribution in [1.29, 1.82) is 0 Å². The maximum absolute atomic E-state index is 12.9. The Bertz CT molecular complexity index is 969.